The highest BCUT2D eigenvalue weighted by Crippen LogP contribution is 2.23. The molecular formula is C18H23N3O2. The molecule has 2 N–H and O–H groups in total. The minimum Gasteiger partial charge on any atom is -0.393 e. The zero-order valence-corrected chi connectivity index (χ0v) is 13.4. The van der Waals surface area contributed by atoms with Crippen molar-refractivity contribution < 1.29 is 9.90 Å². The molecular weight excluding hydrogens is 290 g/mol. The number of aromatic nitrogens is 2. The van der Waals surface area contributed by atoms with Crippen LogP contribution in [0.5, 0.6) is 0 Å². The van der Waals surface area contributed by atoms with Gasteiger partial charge < -0.3 is 10.4 Å². The van der Waals surface area contributed by atoms with Crippen LogP contribution in [0.4, 0.5) is 0 Å². The van der Waals surface area contributed by atoms with Crippen LogP contribution in [0.25, 0.3) is 5.69 Å². The first-order chi connectivity index (χ1) is 11.1. The van der Waals surface area contributed by atoms with Crippen molar-refractivity contribution >= 4 is 5.91 Å². The first-order valence-electron chi connectivity index (χ1n) is 8.21. The molecule has 23 heavy (non-hydrogen) atoms. The summed E-state index contributed by atoms with van der Waals surface area (Å²) in [6.45, 7) is 2.52. The Labute approximate surface area is 136 Å². The van der Waals surface area contributed by atoms with Crippen molar-refractivity contribution in [2.75, 3.05) is 6.54 Å². The summed E-state index contributed by atoms with van der Waals surface area (Å²) in [4.78, 5) is 12.4. The van der Waals surface area contributed by atoms with E-state index in [-0.39, 0.29) is 12.0 Å². The molecule has 1 aromatic heterocycles. The van der Waals surface area contributed by atoms with E-state index in [1.165, 1.54) is 0 Å². The Morgan fingerprint density at radius 1 is 1.35 bits per heavy atom. The molecule has 1 aliphatic carbocycles. The molecule has 1 aliphatic rings. The molecule has 1 aromatic carbocycles. The molecule has 0 spiro atoms. The largest absolute Gasteiger partial charge is 0.393 e. The lowest BCUT2D eigenvalue weighted by atomic mass is 9.87. The minimum absolute atomic E-state index is 0.0928. The monoisotopic (exact) mass is 313 g/mol. The first kappa shape index (κ1) is 15.7. The fourth-order valence-corrected chi connectivity index (χ4v) is 3.24. The van der Waals surface area contributed by atoms with Crippen LogP contribution in [0.2, 0.25) is 0 Å². The maximum atomic E-state index is 12.4. The van der Waals surface area contributed by atoms with Crippen molar-refractivity contribution in [2.45, 2.75) is 38.7 Å². The van der Waals surface area contributed by atoms with Crippen molar-refractivity contribution in [3.8, 4) is 5.69 Å². The molecule has 1 saturated carbocycles. The summed E-state index contributed by atoms with van der Waals surface area (Å²) < 4.78 is 1.78. The molecule has 122 valence electrons. The van der Waals surface area contributed by atoms with Crippen molar-refractivity contribution in [3.63, 3.8) is 0 Å². The number of para-hydroxylation sites is 1. The number of carbonyl (C=O) groups excluding carboxylic acids is 1. The van der Waals surface area contributed by atoms with Gasteiger partial charge in [-0.05, 0) is 44.2 Å². The fraction of sp³-hybridized carbons (Fsp3) is 0.444. The van der Waals surface area contributed by atoms with Crippen LogP contribution in [0, 0.1) is 12.8 Å². The van der Waals surface area contributed by atoms with E-state index in [0.29, 0.717) is 18.0 Å². The number of hydrogen-bond donors (Lipinski definition) is 2. The van der Waals surface area contributed by atoms with Crippen LogP contribution < -0.4 is 5.32 Å². The number of hydrogen-bond acceptors (Lipinski definition) is 3. The van der Waals surface area contributed by atoms with Crippen molar-refractivity contribution in [3.05, 3.63) is 47.8 Å². The van der Waals surface area contributed by atoms with Gasteiger partial charge in [-0.15, -0.1) is 0 Å². The molecule has 2 atom stereocenters. The average molecular weight is 313 g/mol. The van der Waals surface area contributed by atoms with E-state index in [9.17, 15) is 9.90 Å². The van der Waals surface area contributed by atoms with Gasteiger partial charge in [-0.25, -0.2) is 4.68 Å². The van der Waals surface area contributed by atoms with E-state index in [0.717, 1.165) is 37.1 Å². The smallest absolute Gasteiger partial charge is 0.254 e. The van der Waals surface area contributed by atoms with Gasteiger partial charge in [-0.2, -0.15) is 5.10 Å². The van der Waals surface area contributed by atoms with Crippen LogP contribution in [-0.2, 0) is 0 Å². The summed E-state index contributed by atoms with van der Waals surface area (Å²) in [5, 5.41) is 17.0. The third-order valence-corrected chi connectivity index (χ3v) is 4.56. The van der Waals surface area contributed by atoms with E-state index < -0.39 is 0 Å². The normalized spacial score (nSPS) is 21.1. The number of carbonyl (C=O) groups is 1. The van der Waals surface area contributed by atoms with E-state index in [1.807, 2.05) is 37.3 Å². The molecule has 1 amide bonds. The summed E-state index contributed by atoms with van der Waals surface area (Å²) in [6.07, 6.45) is 5.17. The van der Waals surface area contributed by atoms with Gasteiger partial charge >= 0.3 is 0 Å². The lowest BCUT2D eigenvalue weighted by Gasteiger charge is -2.25. The number of rotatable bonds is 4. The van der Waals surface area contributed by atoms with Gasteiger partial charge in [-0.3, -0.25) is 4.79 Å². The Balaban J connectivity index is 1.65. The Bertz CT molecular complexity index is 666. The highest BCUT2D eigenvalue weighted by atomic mass is 16.3. The number of amides is 1. The fourth-order valence-electron chi connectivity index (χ4n) is 3.24. The maximum Gasteiger partial charge on any atom is 0.254 e. The van der Waals surface area contributed by atoms with Gasteiger partial charge in [0.1, 0.15) is 0 Å². The van der Waals surface area contributed by atoms with Gasteiger partial charge in [0.05, 0.1) is 29.2 Å². The molecule has 5 heteroatoms. The SMILES string of the molecule is Cc1c(C(=O)NCC2CCCC(O)C2)cnn1-c1ccccc1. The standard InChI is InChI=1S/C18H23N3O2/c1-13-17(12-20-21(13)15-7-3-2-4-8-15)18(23)19-11-14-6-5-9-16(22)10-14/h2-4,7-8,12,14,16,22H,5-6,9-11H2,1H3,(H,19,23). The molecule has 5 nitrogen and oxygen atoms in total. The molecule has 2 unspecified atom stereocenters. The highest BCUT2D eigenvalue weighted by Gasteiger charge is 2.21. The number of benzene rings is 1. The molecule has 0 radical (unpaired) electrons. The Morgan fingerprint density at radius 3 is 2.87 bits per heavy atom. The lowest BCUT2D eigenvalue weighted by molar-refractivity contribution is 0.0873. The van der Waals surface area contributed by atoms with Crippen LogP contribution in [0.3, 0.4) is 0 Å². The summed E-state index contributed by atoms with van der Waals surface area (Å²) in [5.74, 6) is 0.275. The predicted octanol–water partition coefficient (Wildman–Crippen LogP) is 2.46. The summed E-state index contributed by atoms with van der Waals surface area (Å²) >= 11 is 0. The predicted molar refractivity (Wildman–Crippen MR) is 88.6 cm³/mol. The number of aliphatic hydroxyl groups is 1. The van der Waals surface area contributed by atoms with Gasteiger partial charge in [-0.1, -0.05) is 24.6 Å². The van der Waals surface area contributed by atoms with Gasteiger partial charge in [0.25, 0.3) is 5.91 Å². The van der Waals surface area contributed by atoms with Crippen molar-refractivity contribution in [1.29, 1.82) is 0 Å². The zero-order valence-electron chi connectivity index (χ0n) is 13.4. The molecule has 1 fully saturated rings. The second kappa shape index (κ2) is 6.96. The van der Waals surface area contributed by atoms with Crippen LogP contribution >= 0.6 is 0 Å². The summed E-state index contributed by atoms with van der Waals surface area (Å²) in [5.41, 5.74) is 2.38. The number of nitrogens with one attached hydrogen (secondary N) is 1. The summed E-state index contributed by atoms with van der Waals surface area (Å²) in [7, 11) is 0. The molecule has 0 saturated heterocycles. The van der Waals surface area contributed by atoms with Gasteiger partial charge in [0, 0.05) is 6.54 Å². The first-order valence-corrected chi connectivity index (χ1v) is 8.21. The van der Waals surface area contributed by atoms with Gasteiger partial charge in [0.2, 0.25) is 0 Å². The average Bonchev–Trinajstić information content (AvgIpc) is 2.95. The molecule has 1 heterocycles. The molecule has 0 aliphatic heterocycles. The number of nitrogens with zero attached hydrogens (tertiary/aromatic N) is 2. The second-order valence-corrected chi connectivity index (χ2v) is 6.29. The third kappa shape index (κ3) is 3.62. The Kier molecular flexibility index (Phi) is 4.76. The van der Waals surface area contributed by atoms with Crippen molar-refractivity contribution in [1.82, 2.24) is 15.1 Å². The molecule has 0 bridgehead atoms. The van der Waals surface area contributed by atoms with E-state index >= 15 is 0 Å². The molecule has 3 rings (SSSR count). The van der Waals surface area contributed by atoms with Crippen molar-refractivity contribution in [2.24, 2.45) is 5.92 Å². The maximum absolute atomic E-state index is 12.4. The Morgan fingerprint density at radius 2 is 2.13 bits per heavy atom. The van der Waals surface area contributed by atoms with E-state index in [2.05, 4.69) is 10.4 Å². The Hall–Kier alpha value is -2.14. The third-order valence-electron chi connectivity index (χ3n) is 4.56. The lowest BCUT2D eigenvalue weighted by Crippen LogP contribution is -2.33. The quantitative estimate of drug-likeness (QED) is 0.911. The topological polar surface area (TPSA) is 67.2 Å². The van der Waals surface area contributed by atoms with Crippen LogP contribution in [-0.4, -0.2) is 33.4 Å². The minimum atomic E-state index is -0.215. The van der Waals surface area contributed by atoms with Crippen LogP contribution in [0.1, 0.15) is 41.7 Å². The highest BCUT2D eigenvalue weighted by molar-refractivity contribution is 5.95. The number of aliphatic hydroxyl groups excluding tert-OH is 1. The van der Waals surface area contributed by atoms with Crippen LogP contribution in [0.15, 0.2) is 36.5 Å². The molecule has 2 aromatic rings. The summed E-state index contributed by atoms with van der Waals surface area (Å²) in [6, 6.07) is 9.78. The second-order valence-electron chi connectivity index (χ2n) is 6.29. The van der Waals surface area contributed by atoms with Gasteiger partial charge in [0.15, 0.2) is 0 Å². The van der Waals surface area contributed by atoms with E-state index in [4.69, 9.17) is 0 Å². The zero-order chi connectivity index (χ0) is 16.2. The van der Waals surface area contributed by atoms with E-state index in [1.54, 1.807) is 10.9 Å².